The van der Waals surface area contributed by atoms with Gasteiger partial charge in [0, 0.05) is 13.1 Å². The Morgan fingerprint density at radius 1 is 1.14 bits per heavy atom. The van der Waals surface area contributed by atoms with Crippen LogP contribution in [0.3, 0.4) is 0 Å². The fourth-order valence-electron chi connectivity index (χ4n) is 2.33. The van der Waals surface area contributed by atoms with Gasteiger partial charge in [-0.1, -0.05) is 6.07 Å². The normalized spacial score (nSPS) is 29.1. The quantitative estimate of drug-likeness (QED) is 0.665. The molecule has 14 heavy (non-hydrogen) atoms. The van der Waals surface area contributed by atoms with E-state index in [1.54, 1.807) is 12.1 Å². The lowest BCUT2D eigenvalue weighted by Gasteiger charge is -2.20. The van der Waals surface area contributed by atoms with Crippen molar-refractivity contribution in [2.24, 2.45) is 11.8 Å². The van der Waals surface area contributed by atoms with Crippen molar-refractivity contribution in [3.63, 3.8) is 0 Å². The molecule has 0 amide bonds. The molecule has 2 aliphatic rings. The zero-order chi connectivity index (χ0) is 9.71. The van der Waals surface area contributed by atoms with E-state index in [4.69, 9.17) is 0 Å². The van der Waals surface area contributed by atoms with Gasteiger partial charge in [0.2, 0.25) is 0 Å². The first kappa shape index (κ1) is 8.21. The van der Waals surface area contributed by atoms with E-state index < -0.39 is 11.6 Å². The van der Waals surface area contributed by atoms with Crippen molar-refractivity contribution >= 4 is 5.69 Å². The number of fused-ring (bicyclic) bond motifs is 1. The highest BCUT2D eigenvalue weighted by Gasteiger charge is 2.45. The van der Waals surface area contributed by atoms with Crippen LogP contribution in [0.25, 0.3) is 0 Å². The lowest BCUT2D eigenvalue weighted by Crippen LogP contribution is -2.23. The minimum Gasteiger partial charge on any atom is -0.369 e. The van der Waals surface area contributed by atoms with Crippen LogP contribution in [0, 0.1) is 23.5 Å². The molecule has 0 bridgehead atoms. The summed E-state index contributed by atoms with van der Waals surface area (Å²) in [6.07, 6.45) is 1.27. The van der Waals surface area contributed by atoms with Crippen LogP contribution in [-0.2, 0) is 0 Å². The third-order valence-corrected chi connectivity index (χ3v) is 3.25. The van der Waals surface area contributed by atoms with Gasteiger partial charge in [0.15, 0.2) is 11.6 Å². The van der Waals surface area contributed by atoms with Crippen LogP contribution in [0.2, 0.25) is 0 Å². The molecule has 3 heteroatoms. The van der Waals surface area contributed by atoms with Crippen LogP contribution in [0.15, 0.2) is 18.2 Å². The second-order valence-corrected chi connectivity index (χ2v) is 4.23. The smallest absolute Gasteiger partial charge is 0.182 e. The average molecular weight is 195 g/mol. The topological polar surface area (TPSA) is 3.24 Å². The molecule has 2 atom stereocenters. The van der Waals surface area contributed by atoms with E-state index in [1.165, 1.54) is 6.42 Å². The van der Waals surface area contributed by atoms with E-state index in [9.17, 15) is 8.78 Å². The monoisotopic (exact) mass is 195 g/mol. The molecule has 3 rings (SSSR count). The molecule has 0 radical (unpaired) electrons. The molecule has 0 spiro atoms. The third-order valence-electron chi connectivity index (χ3n) is 3.25. The summed E-state index contributed by atoms with van der Waals surface area (Å²) in [6.45, 7) is 1.79. The van der Waals surface area contributed by atoms with E-state index in [-0.39, 0.29) is 0 Å². The molecular formula is C11H11F2N. The number of halogens is 2. The molecule has 1 aliphatic heterocycles. The first-order valence-electron chi connectivity index (χ1n) is 4.94. The van der Waals surface area contributed by atoms with Crippen LogP contribution in [0.1, 0.15) is 6.42 Å². The maximum atomic E-state index is 13.4. The summed E-state index contributed by atoms with van der Waals surface area (Å²) in [5.41, 5.74) is 0.428. The molecule has 1 aliphatic carbocycles. The highest BCUT2D eigenvalue weighted by atomic mass is 19.2. The maximum absolute atomic E-state index is 13.4. The highest BCUT2D eigenvalue weighted by molar-refractivity contribution is 5.50. The molecule has 2 fully saturated rings. The Hall–Kier alpha value is -1.12. The number of hydrogen-bond acceptors (Lipinski definition) is 1. The molecule has 1 nitrogen and oxygen atoms in total. The van der Waals surface area contributed by atoms with Crippen LogP contribution < -0.4 is 4.90 Å². The van der Waals surface area contributed by atoms with Crippen molar-refractivity contribution in [1.29, 1.82) is 0 Å². The first-order chi connectivity index (χ1) is 6.75. The molecule has 1 aromatic rings. The average Bonchev–Trinajstić information content (AvgIpc) is 2.78. The second-order valence-electron chi connectivity index (χ2n) is 4.23. The van der Waals surface area contributed by atoms with E-state index in [0.29, 0.717) is 5.69 Å². The van der Waals surface area contributed by atoms with Gasteiger partial charge in [-0.15, -0.1) is 0 Å². The summed E-state index contributed by atoms with van der Waals surface area (Å²) in [5.74, 6) is 0.0206. The fourth-order valence-corrected chi connectivity index (χ4v) is 2.33. The molecule has 0 N–H and O–H groups in total. The number of anilines is 1. The van der Waals surface area contributed by atoms with E-state index in [2.05, 4.69) is 0 Å². The number of benzene rings is 1. The number of rotatable bonds is 1. The Morgan fingerprint density at radius 3 is 2.57 bits per heavy atom. The van der Waals surface area contributed by atoms with Gasteiger partial charge in [0.1, 0.15) is 0 Å². The Balaban J connectivity index is 1.92. The lowest BCUT2D eigenvalue weighted by molar-refractivity contribution is 0.506. The van der Waals surface area contributed by atoms with Gasteiger partial charge in [-0.05, 0) is 30.4 Å². The van der Waals surface area contributed by atoms with Gasteiger partial charge in [-0.3, -0.25) is 0 Å². The van der Waals surface area contributed by atoms with Crippen molar-refractivity contribution in [3.05, 3.63) is 29.8 Å². The van der Waals surface area contributed by atoms with Gasteiger partial charge in [0.05, 0.1) is 5.69 Å². The Bertz CT molecular complexity index is 368. The maximum Gasteiger partial charge on any atom is 0.182 e. The Morgan fingerprint density at radius 2 is 1.86 bits per heavy atom. The van der Waals surface area contributed by atoms with Crippen LogP contribution in [0.5, 0.6) is 0 Å². The summed E-state index contributed by atoms with van der Waals surface area (Å²) in [6, 6.07) is 4.39. The minimum absolute atomic E-state index is 0.428. The standard InChI is InChI=1S/C11H11F2N/c12-9-2-1-3-10(11(9)13)14-5-7-4-8(7)6-14/h1-3,7-8H,4-6H2/t7-,8+. The second kappa shape index (κ2) is 2.69. The van der Waals surface area contributed by atoms with Gasteiger partial charge in [-0.2, -0.15) is 0 Å². The molecule has 1 saturated heterocycles. The predicted octanol–water partition coefficient (Wildman–Crippen LogP) is 2.42. The first-order valence-corrected chi connectivity index (χ1v) is 4.94. The number of hydrogen-bond donors (Lipinski definition) is 0. The van der Waals surface area contributed by atoms with Gasteiger partial charge >= 0.3 is 0 Å². The van der Waals surface area contributed by atoms with Crippen molar-refractivity contribution in [2.45, 2.75) is 6.42 Å². The SMILES string of the molecule is Fc1cccc(N2C[C@H]3C[C@H]3C2)c1F. The van der Waals surface area contributed by atoms with E-state index >= 15 is 0 Å². The van der Waals surface area contributed by atoms with Gasteiger partial charge in [-0.25, -0.2) is 8.78 Å². The fraction of sp³-hybridized carbons (Fsp3) is 0.455. The van der Waals surface area contributed by atoms with Gasteiger partial charge < -0.3 is 4.90 Å². The van der Waals surface area contributed by atoms with Gasteiger partial charge in [0.25, 0.3) is 0 Å². The van der Waals surface area contributed by atoms with E-state index in [1.807, 2.05) is 4.90 Å². The Kier molecular flexibility index (Phi) is 1.58. The largest absolute Gasteiger partial charge is 0.369 e. The number of piperidine rings is 1. The highest BCUT2D eigenvalue weighted by Crippen LogP contribution is 2.46. The van der Waals surface area contributed by atoms with Crippen molar-refractivity contribution in [3.8, 4) is 0 Å². The molecule has 74 valence electrons. The predicted molar refractivity (Wildman–Crippen MR) is 50.2 cm³/mol. The summed E-state index contributed by atoms with van der Waals surface area (Å²) < 4.78 is 26.3. The zero-order valence-corrected chi connectivity index (χ0v) is 7.71. The molecular weight excluding hydrogens is 184 g/mol. The van der Waals surface area contributed by atoms with E-state index in [0.717, 1.165) is 31.0 Å². The molecule has 1 saturated carbocycles. The number of nitrogens with zero attached hydrogens (tertiary/aromatic N) is 1. The molecule has 1 heterocycles. The minimum atomic E-state index is -0.747. The van der Waals surface area contributed by atoms with Crippen molar-refractivity contribution in [1.82, 2.24) is 0 Å². The van der Waals surface area contributed by atoms with Crippen molar-refractivity contribution < 1.29 is 8.78 Å². The van der Waals surface area contributed by atoms with Crippen molar-refractivity contribution in [2.75, 3.05) is 18.0 Å². The Labute approximate surface area is 81.3 Å². The third kappa shape index (κ3) is 1.11. The summed E-state index contributed by atoms with van der Waals surface area (Å²) in [7, 11) is 0. The van der Waals surface area contributed by atoms with Crippen LogP contribution in [-0.4, -0.2) is 13.1 Å². The van der Waals surface area contributed by atoms with Crippen LogP contribution >= 0.6 is 0 Å². The summed E-state index contributed by atoms with van der Waals surface area (Å²) in [5, 5.41) is 0. The molecule has 1 aromatic carbocycles. The van der Waals surface area contributed by atoms with Crippen LogP contribution in [0.4, 0.5) is 14.5 Å². The summed E-state index contributed by atoms with van der Waals surface area (Å²) in [4.78, 5) is 1.96. The lowest BCUT2D eigenvalue weighted by atomic mass is 10.2. The summed E-state index contributed by atoms with van der Waals surface area (Å²) >= 11 is 0. The zero-order valence-electron chi connectivity index (χ0n) is 7.71. The molecule has 0 unspecified atom stereocenters. The molecule has 0 aromatic heterocycles.